The molecule has 0 atom stereocenters. The number of rotatable bonds is 1. The molecule has 2 rings (SSSR count). The second kappa shape index (κ2) is 1.67. The van der Waals surface area contributed by atoms with Crippen molar-refractivity contribution in [2.24, 2.45) is 0 Å². The molecule has 1 fully saturated rings. The Balaban J connectivity index is 2.35. The highest BCUT2D eigenvalue weighted by atomic mass is 35.5. The zero-order chi connectivity index (χ0) is 6.27. The van der Waals surface area contributed by atoms with Crippen molar-refractivity contribution in [3.8, 4) is 0 Å². The average molecular weight is 145 g/mol. The van der Waals surface area contributed by atoms with E-state index in [-0.39, 0.29) is 0 Å². The maximum atomic E-state index is 5.60. The van der Waals surface area contributed by atoms with Crippen LogP contribution in [0, 0.1) is 0 Å². The van der Waals surface area contributed by atoms with E-state index in [1.165, 1.54) is 0 Å². The van der Waals surface area contributed by atoms with Gasteiger partial charge in [-0.05, 0) is 34.9 Å². The van der Waals surface area contributed by atoms with Gasteiger partial charge in [0, 0.05) is 0 Å². The molecule has 1 aromatic heterocycles. The third-order valence-electron chi connectivity index (χ3n) is 1.35. The van der Waals surface area contributed by atoms with Crippen molar-refractivity contribution in [2.45, 2.75) is 18.9 Å². The van der Waals surface area contributed by atoms with Gasteiger partial charge < -0.3 is 0 Å². The van der Waals surface area contributed by atoms with E-state index in [4.69, 9.17) is 11.6 Å². The molecule has 1 saturated carbocycles. The van der Waals surface area contributed by atoms with Crippen LogP contribution in [0.15, 0.2) is 0 Å². The molecule has 9 heavy (non-hydrogen) atoms. The molecule has 1 heterocycles. The molecule has 0 unspecified atom stereocenters. The number of hydrogen-bond donors (Lipinski definition) is 0. The number of tetrazole rings is 1. The minimum Gasteiger partial charge on any atom is -0.213 e. The van der Waals surface area contributed by atoms with E-state index in [0.29, 0.717) is 11.3 Å². The second-order valence-corrected chi connectivity index (χ2v) is 2.46. The van der Waals surface area contributed by atoms with E-state index in [1.54, 1.807) is 4.68 Å². The van der Waals surface area contributed by atoms with Gasteiger partial charge in [-0.15, -0.1) is 0 Å². The van der Waals surface area contributed by atoms with Gasteiger partial charge in [-0.1, -0.05) is 5.10 Å². The molecule has 0 spiro atoms. The summed E-state index contributed by atoms with van der Waals surface area (Å²) in [5.74, 6) is 0. The summed E-state index contributed by atoms with van der Waals surface area (Å²) in [4.78, 5) is 0. The second-order valence-electron chi connectivity index (χ2n) is 2.12. The molecule has 0 aliphatic heterocycles. The highest BCUT2D eigenvalue weighted by Gasteiger charge is 2.26. The fourth-order valence-corrected chi connectivity index (χ4v) is 0.931. The summed E-state index contributed by atoms with van der Waals surface area (Å²) in [6.45, 7) is 0. The SMILES string of the molecule is Clc1nnnn1C1CC1. The topological polar surface area (TPSA) is 43.6 Å². The first-order valence-corrected chi connectivity index (χ1v) is 3.19. The minimum atomic E-state index is 0.400. The Morgan fingerprint density at radius 1 is 1.56 bits per heavy atom. The molecule has 0 N–H and O–H groups in total. The predicted octanol–water partition coefficient (Wildman–Crippen LogP) is 0.661. The smallest absolute Gasteiger partial charge is 0.213 e. The summed E-state index contributed by atoms with van der Waals surface area (Å²) in [6.07, 6.45) is 2.32. The Bertz CT molecular complexity index is 216. The van der Waals surface area contributed by atoms with Gasteiger partial charge in [0.05, 0.1) is 6.04 Å². The summed E-state index contributed by atoms with van der Waals surface area (Å²) in [6, 6.07) is 0.479. The highest BCUT2D eigenvalue weighted by Crippen LogP contribution is 2.35. The Kier molecular flexibility index (Phi) is 0.958. The van der Waals surface area contributed by atoms with Gasteiger partial charge in [0.1, 0.15) is 0 Å². The van der Waals surface area contributed by atoms with Crippen molar-refractivity contribution in [3.05, 3.63) is 5.28 Å². The van der Waals surface area contributed by atoms with Crippen LogP contribution in [0.5, 0.6) is 0 Å². The van der Waals surface area contributed by atoms with Gasteiger partial charge >= 0.3 is 0 Å². The Hall–Kier alpha value is -0.640. The van der Waals surface area contributed by atoms with Crippen molar-refractivity contribution in [1.29, 1.82) is 0 Å². The molecular weight excluding hydrogens is 140 g/mol. The van der Waals surface area contributed by atoms with E-state index in [0.717, 1.165) is 12.8 Å². The lowest BCUT2D eigenvalue weighted by atomic mass is 10.7. The van der Waals surface area contributed by atoms with E-state index in [1.807, 2.05) is 0 Å². The third-order valence-corrected chi connectivity index (χ3v) is 1.59. The molecule has 1 aliphatic rings. The summed E-state index contributed by atoms with van der Waals surface area (Å²) in [5, 5.41) is 11.1. The quantitative estimate of drug-likeness (QED) is 0.582. The number of hydrogen-bond acceptors (Lipinski definition) is 3. The average Bonchev–Trinajstić information content (AvgIpc) is 2.58. The highest BCUT2D eigenvalue weighted by molar-refractivity contribution is 6.28. The first-order chi connectivity index (χ1) is 4.38. The molecule has 4 nitrogen and oxygen atoms in total. The molecule has 0 bridgehead atoms. The molecule has 0 radical (unpaired) electrons. The van der Waals surface area contributed by atoms with E-state index in [9.17, 15) is 0 Å². The maximum absolute atomic E-state index is 5.60. The molecule has 1 aliphatic carbocycles. The molecular formula is C4H5ClN4. The Morgan fingerprint density at radius 2 is 2.33 bits per heavy atom. The van der Waals surface area contributed by atoms with Gasteiger partial charge in [-0.3, -0.25) is 0 Å². The fraction of sp³-hybridized carbons (Fsp3) is 0.750. The van der Waals surface area contributed by atoms with E-state index < -0.39 is 0 Å². The van der Waals surface area contributed by atoms with Crippen LogP contribution >= 0.6 is 11.6 Å². The molecule has 0 aromatic carbocycles. The lowest BCUT2D eigenvalue weighted by Crippen LogP contribution is -1.95. The lowest BCUT2D eigenvalue weighted by Gasteiger charge is -1.91. The first-order valence-electron chi connectivity index (χ1n) is 2.81. The third kappa shape index (κ3) is 0.790. The van der Waals surface area contributed by atoms with Gasteiger partial charge in [-0.25, -0.2) is 4.68 Å². The Morgan fingerprint density at radius 3 is 2.78 bits per heavy atom. The maximum Gasteiger partial charge on any atom is 0.243 e. The zero-order valence-corrected chi connectivity index (χ0v) is 5.41. The number of aromatic nitrogens is 4. The number of nitrogens with zero attached hydrogens (tertiary/aromatic N) is 4. The standard InChI is InChI=1S/C4H5ClN4/c5-4-6-7-8-9(4)3-1-2-3/h3H,1-2H2. The lowest BCUT2D eigenvalue weighted by molar-refractivity contribution is 0.610. The van der Waals surface area contributed by atoms with Crippen molar-refractivity contribution in [3.63, 3.8) is 0 Å². The van der Waals surface area contributed by atoms with Crippen LogP contribution in [0.4, 0.5) is 0 Å². The predicted molar refractivity (Wildman–Crippen MR) is 31.1 cm³/mol. The van der Waals surface area contributed by atoms with Gasteiger partial charge in [0.2, 0.25) is 5.28 Å². The summed E-state index contributed by atoms with van der Waals surface area (Å²) in [7, 11) is 0. The molecule has 48 valence electrons. The summed E-state index contributed by atoms with van der Waals surface area (Å²) in [5.41, 5.74) is 0. The van der Waals surface area contributed by atoms with Crippen molar-refractivity contribution >= 4 is 11.6 Å². The molecule has 0 amide bonds. The van der Waals surface area contributed by atoms with E-state index >= 15 is 0 Å². The summed E-state index contributed by atoms with van der Waals surface area (Å²) < 4.78 is 1.65. The fourth-order valence-electron chi connectivity index (χ4n) is 0.726. The molecule has 1 aromatic rings. The van der Waals surface area contributed by atoms with Crippen molar-refractivity contribution in [1.82, 2.24) is 20.2 Å². The first kappa shape index (κ1) is 5.17. The van der Waals surface area contributed by atoms with Crippen molar-refractivity contribution < 1.29 is 0 Å². The van der Waals surface area contributed by atoms with Crippen LogP contribution in [-0.2, 0) is 0 Å². The van der Waals surface area contributed by atoms with Crippen LogP contribution in [-0.4, -0.2) is 20.2 Å². The Labute approximate surface area is 56.8 Å². The van der Waals surface area contributed by atoms with Gasteiger partial charge in [0.25, 0.3) is 0 Å². The van der Waals surface area contributed by atoms with E-state index in [2.05, 4.69) is 15.5 Å². The van der Waals surface area contributed by atoms with Gasteiger partial charge in [0.15, 0.2) is 0 Å². The normalized spacial score (nSPS) is 18.3. The number of halogens is 1. The van der Waals surface area contributed by atoms with Crippen LogP contribution in [0.25, 0.3) is 0 Å². The van der Waals surface area contributed by atoms with Crippen molar-refractivity contribution in [2.75, 3.05) is 0 Å². The summed E-state index contributed by atoms with van der Waals surface area (Å²) >= 11 is 5.60. The minimum absolute atomic E-state index is 0.400. The van der Waals surface area contributed by atoms with Crippen LogP contribution in [0.1, 0.15) is 18.9 Å². The van der Waals surface area contributed by atoms with Crippen LogP contribution < -0.4 is 0 Å². The zero-order valence-electron chi connectivity index (χ0n) is 4.66. The van der Waals surface area contributed by atoms with Crippen LogP contribution in [0.3, 0.4) is 0 Å². The van der Waals surface area contributed by atoms with Crippen LogP contribution in [0.2, 0.25) is 5.28 Å². The molecule has 0 saturated heterocycles. The van der Waals surface area contributed by atoms with Gasteiger partial charge in [-0.2, -0.15) is 0 Å². The largest absolute Gasteiger partial charge is 0.243 e. The monoisotopic (exact) mass is 144 g/mol. The molecule has 5 heteroatoms.